The number of piperidine rings is 1. The van der Waals surface area contributed by atoms with Crippen molar-refractivity contribution < 1.29 is 37.1 Å². The van der Waals surface area contributed by atoms with Gasteiger partial charge in [0.2, 0.25) is 11.7 Å². The summed E-state index contributed by atoms with van der Waals surface area (Å²) in [5.74, 6) is -2.55. The van der Waals surface area contributed by atoms with E-state index in [4.69, 9.17) is 4.42 Å². The number of hydrogen-bond acceptors (Lipinski definition) is 8. The molecule has 2 aromatic heterocycles. The molecule has 47 heavy (non-hydrogen) atoms. The van der Waals surface area contributed by atoms with Crippen LogP contribution in [0.25, 0.3) is 0 Å². The molecular formula is C33H31F3N6O5. The lowest BCUT2D eigenvalue weighted by Crippen LogP contribution is -2.50. The van der Waals surface area contributed by atoms with Crippen molar-refractivity contribution in [2.24, 2.45) is 0 Å². The van der Waals surface area contributed by atoms with Gasteiger partial charge < -0.3 is 29.5 Å². The maximum atomic E-state index is 13.9. The van der Waals surface area contributed by atoms with Crippen LogP contribution in [0, 0.1) is 0 Å². The average Bonchev–Trinajstić information content (AvgIpc) is 3.54. The number of rotatable bonds is 8. The Morgan fingerprint density at radius 3 is 2.38 bits per heavy atom. The minimum atomic E-state index is -4.91. The number of hydrogen-bond donors (Lipinski definition) is 2. The number of carboxylic acids is 1. The lowest BCUT2D eigenvalue weighted by molar-refractivity contribution is -0.141. The predicted molar refractivity (Wildman–Crippen MR) is 165 cm³/mol. The first-order valence-corrected chi connectivity index (χ1v) is 15.1. The Bertz CT molecular complexity index is 1750. The van der Waals surface area contributed by atoms with Gasteiger partial charge in [-0.2, -0.15) is 18.2 Å². The van der Waals surface area contributed by atoms with Crippen molar-refractivity contribution in [3.8, 4) is 0 Å². The van der Waals surface area contributed by atoms with Gasteiger partial charge in [0, 0.05) is 32.7 Å². The lowest BCUT2D eigenvalue weighted by Gasteiger charge is -2.35. The summed E-state index contributed by atoms with van der Waals surface area (Å²) in [4.78, 5) is 50.1. The molecule has 6 rings (SSSR count). The minimum absolute atomic E-state index is 0.0235. The van der Waals surface area contributed by atoms with E-state index in [-0.39, 0.29) is 42.2 Å². The second kappa shape index (κ2) is 13.1. The third-order valence-corrected chi connectivity index (χ3v) is 8.32. The van der Waals surface area contributed by atoms with Gasteiger partial charge in [0.05, 0.1) is 24.0 Å². The van der Waals surface area contributed by atoms with Gasteiger partial charge in [-0.25, -0.2) is 9.78 Å². The van der Waals surface area contributed by atoms with Crippen molar-refractivity contribution >= 4 is 35.3 Å². The number of aromatic nitrogens is 2. The molecule has 2 N–H and O–H groups in total. The number of nitrogens with zero attached hydrogens (tertiary/aromatic N) is 5. The number of alkyl halides is 3. The van der Waals surface area contributed by atoms with Crippen LogP contribution in [-0.4, -0.2) is 70.5 Å². The largest absolute Gasteiger partial charge is 0.478 e. The van der Waals surface area contributed by atoms with Crippen LogP contribution in [0.5, 0.6) is 0 Å². The van der Waals surface area contributed by atoms with E-state index in [1.54, 1.807) is 32.9 Å². The van der Waals surface area contributed by atoms with Crippen molar-refractivity contribution in [2.75, 3.05) is 47.8 Å². The minimum Gasteiger partial charge on any atom is -0.478 e. The number of carboxylic acid groups (broad SMARTS) is 1. The Kier molecular flexibility index (Phi) is 8.83. The average molecular weight is 649 g/mol. The number of nitrogens with one attached hydrogen (secondary N) is 1. The van der Waals surface area contributed by atoms with Crippen LogP contribution in [-0.2, 0) is 17.5 Å². The molecule has 2 aliphatic rings. The number of anilines is 3. The number of aromatic carboxylic acids is 1. The zero-order valence-corrected chi connectivity index (χ0v) is 25.1. The summed E-state index contributed by atoms with van der Waals surface area (Å²) in [5.41, 5.74) is 0.750. The van der Waals surface area contributed by atoms with E-state index in [9.17, 15) is 32.7 Å². The van der Waals surface area contributed by atoms with Crippen LogP contribution in [0.1, 0.15) is 56.5 Å². The van der Waals surface area contributed by atoms with Crippen LogP contribution < -0.4 is 15.1 Å². The van der Waals surface area contributed by atoms with Crippen LogP contribution in [0.4, 0.5) is 30.7 Å². The summed E-state index contributed by atoms with van der Waals surface area (Å²) < 4.78 is 47.2. The quantitative estimate of drug-likeness (QED) is 0.262. The fourth-order valence-corrected chi connectivity index (χ4v) is 5.85. The summed E-state index contributed by atoms with van der Waals surface area (Å²) in [6, 6.07) is 19.1. The van der Waals surface area contributed by atoms with Gasteiger partial charge in [0.15, 0.2) is 5.69 Å². The number of halogens is 3. The normalized spacial score (nSPS) is 16.0. The fraction of sp³-hybridized carbons (Fsp3) is 0.303. The Morgan fingerprint density at radius 2 is 1.72 bits per heavy atom. The first-order valence-electron chi connectivity index (χ1n) is 15.1. The van der Waals surface area contributed by atoms with Crippen molar-refractivity contribution in [1.82, 2.24) is 14.9 Å². The van der Waals surface area contributed by atoms with E-state index >= 15 is 0 Å². The first-order chi connectivity index (χ1) is 22.5. The number of oxazole rings is 1. The van der Waals surface area contributed by atoms with Crippen molar-refractivity contribution in [3.05, 3.63) is 101 Å². The van der Waals surface area contributed by atoms with Crippen LogP contribution in [0.2, 0.25) is 0 Å². The molecule has 2 amide bonds. The van der Waals surface area contributed by atoms with Crippen LogP contribution in [0.15, 0.2) is 77.3 Å². The molecule has 0 bridgehead atoms. The van der Waals surface area contributed by atoms with Gasteiger partial charge in [-0.3, -0.25) is 9.59 Å². The van der Waals surface area contributed by atoms with Crippen molar-refractivity contribution in [1.29, 1.82) is 0 Å². The van der Waals surface area contributed by atoms with E-state index in [0.29, 0.717) is 50.4 Å². The van der Waals surface area contributed by atoms with E-state index < -0.39 is 29.5 Å². The second-order valence-corrected chi connectivity index (χ2v) is 11.4. The lowest BCUT2D eigenvalue weighted by atomic mass is 9.90. The molecule has 2 saturated heterocycles. The highest BCUT2D eigenvalue weighted by molar-refractivity contribution is 6.03. The third kappa shape index (κ3) is 7.21. The maximum absolute atomic E-state index is 13.9. The third-order valence-electron chi connectivity index (χ3n) is 8.32. The predicted octanol–water partition coefficient (Wildman–Crippen LogP) is 5.27. The summed E-state index contributed by atoms with van der Waals surface area (Å²) in [6.45, 7) is 1.96. The zero-order valence-electron chi connectivity index (χ0n) is 25.1. The van der Waals surface area contributed by atoms with Gasteiger partial charge in [-0.1, -0.05) is 42.5 Å². The van der Waals surface area contributed by atoms with Gasteiger partial charge in [-0.15, -0.1) is 0 Å². The van der Waals surface area contributed by atoms with Crippen LogP contribution in [0.3, 0.4) is 0 Å². The molecule has 0 atom stereocenters. The monoisotopic (exact) mass is 648 g/mol. The SMILES string of the molecule is O=C(O)c1cccc(CN2CCN(c3ccc(NC(=O)c4oc(N5CCC(c6ccccc6)CC5)nc4C(F)(F)F)cn3)CC2=O)c1. The maximum Gasteiger partial charge on any atom is 0.437 e. The summed E-state index contributed by atoms with van der Waals surface area (Å²) in [7, 11) is 0. The smallest absolute Gasteiger partial charge is 0.437 e. The van der Waals surface area contributed by atoms with Crippen molar-refractivity contribution in [2.45, 2.75) is 31.5 Å². The van der Waals surface area contributed by atoms with Gasteiger partial charge in [-0.05, 0) is 54.2 Å². The van der Waals surface area contributed by atoms with Gasteiger partial charge >= 0.3 is 12.1 Å². The molecule has 14 heteroatoms. The number of pyridine rings is 1. The summed E-state index contributed by atoms with van der Waals surface area (Å²) in [6.07, 6.45) is -2.21. The van der Waals surface area contributed by atoms with E-state index in [1.807, 2.05) is 30.3 Å². The standard InChI is InChI=1S/C33H31F3N6O5/c34-33(35,36)29-28(47-32(39-29)40-13-11-23(12-14-40)22-6-2-1-3-7-22)30(44)38-25-9-10-26(37-18-25)41-15-16-42(27(43)20-41)19-21-5-4-8-24(17-21)31(45)46/h1-10,17-18,23H,11-16,19-20H2,(H,38,44)(H,45,46). The van der Waals surface area contributed by atoms with Gasteiger partial charge in [0.1, 0.15) is 5.82 Å². The molecule has 2 aliphatic heterocycles. The highest BCUT2D eigenvalue weighted by Crippen LogP contribution is 2.36. The molecule has 2 fully saturated rings. The van der Waals surface area contributed by atoms with Gasteiger partial charge in [0.25, 0.3) is 11.9 Å². The summed E-state index contributed by atoms with van der Waals surface area (Å²) >= 11 is 0. The number of piperazine rings is 1. The second-order valence-electron chi connectivity index (χ2n) is 11.4. The Labute approximate surface area is 267 Å². The molecule has 0 saturated carbocycles. The summed E-state index contributed by atoms with van der Waals surface area (Å²) in [5, 5.41) is 11.6. The molecule has 0 spiro atoms. The topological polar surface area (TPSA) is 132 Å². The molecule has 4 aromatic rings. The number of carbonyl (C=O) groups is 3. The first kappa shape index (κ1) is 31.6. The Morgan fingerprint density at radius 1 is 0.957 bits per heavy atom. The zero-order chi connectivity index (χ0) is 33.1. The van der Waals surface area contributed by atoms with Crippen LogP contribution >= 0.6 is 0 Å². The van der Waals surface area contributed by atoms with E-state index in [2.05, 4.69) is 15.3 Å². The molecule has 244 valence electrons. The molecule has 11 nitrogen and oxygen atoms in total. The Hall–Kier alpha value is -5.40. The molecule has 0 unspecified atom stereocenters. The van der Waals surface area contributed by atoms with E-state index in [1.165, 1.54) is 30.0 Å². The molecule has 4 heterocycles. The highest BCUT2D eigenvalue weighted by Gasteiger charge is 2.42. The molecule has 0 radical (unpaired) electrons. The number of carbonyl (C=O) groups excluding carboxylic acids is 2. The highest BCUT2D eigenvalue weighted by atomic mass is 19.4. The van der Waals surface area contributed by atoms with Crippen molar-refractivity contribution in [3.63, 3.8) is 0 Å². The molecule has 0 aliphatic carbocycles. The fourth-order valence-electron chi connectivity index (χ4n) is 5.85. The number of benzene rings is 2. The molecular weight excluding hydrogens is 617 g/mol. The number of amides is 2. The Balaban J connectivity index is 1.07. The molecule has 2 aromatic carbocycles. The van der Waals surface area contributed by atoms with E-state index in [0.717, 1.165) is 0 Å².